The minimum absolute atomic E-state index is 0.0440. The third-order valence-corrected chi connectivity index (χ3v) is 4.45. The summed E-state index contributed by atoms with van der Waals surface area (Å²) >= 11 is 0. The molecule has 0 unspecified atom stereocenters. The summed E-state index contributed by atoms with van der Waals surface area (Å²) in [5.74, 6) is -1.11. The van der Waals surface area contributed by atoms with E-state index in [1.807, 2.05) is 0 Å². The Morgan fingerprint density at radius 3 is 2.37 bits per heavy atom. The van der Waals surface area contributed by atoms with Gasteiger partial charge in [0.1, 0.15) is 5.54 Å². The summed E-state index contributed by atoms with van der Waals surface area (Å²) in [6.07, 6.45) is -6.03. The molecule has 1 aromatic heterocycles. The molecule has 1 heterocycles. The van der Waals surface area contributed by atoms with Crippen molar-refractivity contribution in [1.29, 1.82) is 0 Å². The van der Waals surface area contributed by atoms with Crippen LogP contribution in [0.4, 0.5) is 19.1 Å². The summed E-state index contributed by atoms with van der Waals surface area (Å²) in [7, 11) is 1.36. The molecule has 0 atom stereocenters. The molecule has 0 aliphatic heterocycles. The van der Waals surface area contributed by atoms with Crippen molar-refractivity contribution in [3.8, 4) is 0 Å². The highest BCUT2D eigenvalue weighted by molar-refractivity contribution is 5.99. The number of hydrogen-bond acceptors (Lipinski definition) is 5. The summed E-state index contributed by atoms with van der Waals surface area (Å²) in [5, 5.41) is 15.6. The van der Waals surface area contributed by atoms with E-state index in [-0.39, 0.29) is 25.3 Å². The van der Waals surface area contributed by atoms with Gasteiger partial charge in [-0.05, 0) is 20.3 Å². The number of halogens is 3. The minimum atomic E-state index is -4.32. The van der Waals surface area contributed by atoms with E-state index >= 15 is 0 Å². The third-order valence-electron chi connectivity index (χ3n) is 4.45. The first-order valence-corrected chi connectivity index (χ1v) is 8.43. The van der Waals surface area contributed by atoms with E-state index in [0.29, 0.717) is 5.69 Å². The number of amides is 2. The maximum atomic E-state index is 12.5. The fraction of sp³-hybridized carbons (Fsp3) is 0.706. The number of rotatable bonds is 8. The second-order valence-electron chi connectivity index (χ2n) is 7.55. The van der Waals surface area contributed by atoms with E-state index in [9.17, 15) is 27.9 Å². The number of hydrogen-bond donors (Lipinski definition) is 2. The van der Waals surface area contributed by atoms with Gasteiger partial charge in [0, 0.05) is 31.4 Å². The summed E-state index contributed by atoms with van der Waals surface area (Å²) in [6.45, 7) is 6.26. The fourth-order valence-corrected chi connectivity index (χ4v) is 2.07. The molecule has 0 aliphatic rings. The van der Waals surface area contributed by atoms with Crippen molar-refractivity contribution < 1.29 is 32.4 Å². The van der Waals surface area contributed by atoms with Gasteiger partial charge < -0.3 is 14.5 Å². The van der Waals surface area contributed by atoms with Gasteiger partial charge in [0.15, 0.2) is 0 Å². The first-order chi connectivity index (χ1) is 12.2. The van der Waals surface area contributed by atoms with Crippen LogP contribution in [-0.2, 0) is 15.0 Å². The Hall–Kier alpha value is -2.10. The van der Waals surface area contributed by atoms with Gasteiger partial charge >= 0.3 is 6.18 Å². The second kappa shape index (κ2) is 8.28. The highest BCUT2D eigenvalue weighted by Crippen LogP contribution is 2.26. The Balaban J connectivity index is 2.73. The molecule has 0 bridgehead atoms. The molecule has 0 aromatic carbocycles. The van der Waals surface area contributed by atoms with Gasteiger partial charge in [0.2, 0.25) is 11.8 Å². The van der Waals surface area contributed by atoms with Crippen LogP contribution < -0.4 is 5.32 Å². The van der Waals surface area contributed by atoms with Crippen molar-refractivity contribution >= 4 is 17.7 Å². The maximum absolute atomic E-state index is 12.5. The highest BCUT2D eigenvalue weighted by atomic mass is 19.4. The van der Waals surface area contributed by atoms with Crippen molar-refractivity contribution in [3.05, 3.63) is 11.8 Å². The van der Waals surface area contributed by atoms with Gasteiger partial charge in [-0.2, -0.15) is 13.2 Å². The molecule has 10 heteroatoms. The van der Waals surface area contributed by atoms with Crippen LogP contribution >= 0.6 is 0 Å². The number of alkyl halides is 3. The first kappa shape index (κ1) is 22.9. The average molecular weight is 393 g/mol. The number of aliphatic hydroxyl groups is 1. The van der Waals surface area contributed by atoms with Gasteiger partial charge in [-0.3, -0.25) is 14.9 Å². The SMILES string of the molecule is CN(C(=O)CCCC(F)(F)F)C(C)(C)C(=O)Nc1cc(C(C)(C)CO)no1. The molecular weight excluding hydrogens is 367 g/mol. The Bertz CT molecular complexity index is 669. The third kappa shape index (κ3) is 6.23. The lowest BCUT2D eigenvalue weighted by Crippen LogP contribution is -2.53. The van der Waals surface area contributed by atoms with Crippen molar-refractivity contribution in [2.75, 3.05) is 19.0 Å². The Labute approximate surface area is 155 Å². The largest absolute Gasteiger partial charge is 0.395 e. The van der Waals surface area contributed by atoms with Crippen molar-refractivity contribution in [3.63, 3.8) is 0 Å². The normalized spacial score (nSPS) is 12.8. The van der Waals surface area contributed by atoms with Crippen LogP contribution in [0.25, 0.3) is 0 Å². The lowest BCUT2D eigenvalue weighted by Gasteiger charge is -2.34. The lowest BCUT2D eigenvalue weighted by atomic mass is 9.91. The van der Waals surface area contributed by atoms with Crippen molar-refractivity contribution in [1.82, 2.24) is 10.1 Å². The van der Waals surface area contributed by atoms with Gasteiger partial charge in [0.25, 0.3) is 5.91 Å². The second-order valence-corrected chi connectivity index (χ2v) is 7.55. The summed E-state index contributed by atoms with van der Waals surface area (Å²) in [4.78, 5) is 25.7. The predicted octanol–water partition coefficient (Wildman–Crippen LogP) is 2.85. The summed E-state index contributed by atoms with van der Waals surface area (Å²) in [6, 6.07) is 1.47. The van der Waals surface area contributed by atoms with Gasteiger partial charge in [-0.15, -0.1) is 0 Å². The number of aliphatic hydroxyl groups excluding tert-OH is 1. The average Bonchev–Trinajstić information content (AvgIpc) is 3.02. The Morgan fingerprint density at radius 1 is 1.26 bits per heavy atom. The standard InChI is InChI=1S/C17H26F3N3O4/c1-15(2,10-24)11-9-12(27-22-11)21-14(26)16(3,4)23(5)13(25)7-6-8-17(18,19)20/h9,24H,6-8,10H2,1-5H3,(H,21,26). The van der Waals surface area contributed by atoms with Crippen LogP contribution in [0, 0.1) is 0 Å². The molecule has 7 nitrogen and oxygen atoms in total. The Morgan fingerprint density at radius 2 is 1.85 bits per heavy atom. The molecule has 154 valence electrons. The number of carbonyl (C=O) groups excluding carboxylic acids is 2. The van der Waals surface area contributed by atoms with E-state index in [4.69, 9.17) is 4.52 Å². The van der Waals surface area contributed by atoms with Crippen LogP contribution in [0.3, 0.4) is 0 Å². The quantitative estimate of drug-likeness (QED) is 0.708. The van der Waals surface area contributed by atoms with E-state index in [1.165, 1.54) is 27.0 Å². The number of nitrogens with one attached hydrogen (secondary N) is 1. The zero-order valence-electron chi connectivity index (χ0n) is 16.1. The monoisotopic (exact) mass is 393 g/mol. The predicted molar refractivity (Wildman–Crippen MR) is 92.0 cm³/mol. The molecule has 1 rings (SSSR count). The number of nitrogens with zero attached hydrogens (tertiary/aromatic N) is 2. The van der Waals surface area contributed by atoms with Crippen LogP contribution in [0.1, 0.15) is 52.7 Å². The van der Waals surface area contributed by atoms with Crippen LogP contribution in [-0.4, -0.2) is 52.3 Å². The molecule has 1 aromatic rings. The van der Waals surface area contributed by atoms with Crippen molar-refractivity contribution in [2.45, 2.75) is 64.1 Å². The zero-order chi connectivity index (χ0) is 21.0. The molecule has 2 amide bonds. The smallest absolute Gasteiger partial charge is 0.389 e. The minimum Gasteiger partial charge on any atom is -0.395 e. The summed E-state index contributed by atoms with van der Waals surface area (Å²) in [5.41, 5.74) is -1.54. The highest BCUT2D eigenvalue weighted by Gasteiger charge is 2.36. The number of likely N-dealkylation sites (N-methyl/N-ethyl adjacent to an activating group) is 1. The maximum Gasteiger partial charge on any atom is 0.389 e. The fourth-order valence-electron chi connectivity index (χ4n) is 2.07. The molecule has 0 aliphatic carbocycles. The summed E-state index contributed by atoms with van der Waals surface area (Å²) < 4.78 is 41.6. The van der Waals surface area contributed by atoms with E-state index in [2.05, 4.69) is 10.5 Å². The zero-order valence-corrected chi connectivity index (χ0v) is 16.1. The molecule has 0 radical (unpaired) electrons. The molecule has 0 saturated heterocycles. The van der Waals surface area contributed by atoms with E-state index < -0.39 is 35.4 Å². The molecular formula is C17H26F3N3O4. The molecule has 0 spiro atoms. The van der Waals surface area contributed by atoms with E-state index in [0.717, 1.165) is 4.90 Å². The molecule has 0 saturated carbocycles. The van der Waals surface area contributed by atoms with Crippen LogP contribution in [0.2, 0.25) is 0 Å². The van der Waals surface area contributed by atoms with Gasteiger partial charge in [0.05, 0.1) is 12.3 Å². The first-order valence-electron chi connectivity index (χ1n) is 8.43. The molecule has 2 N–H and O–H groups in total. The lowest BCUT2D eigenvalue weighted by molar-refractivity contribution is -0.145. The van der Waals surface area contributed by atoms with Crippen LogP contribution in [0.5, 0.6) is 0 Å². The van der Waals surface area contributed by atoms with E-state index in [1.54, 1.807) is 13.8 Å². The molecule has 27 heavy (non-hydrogen) atoms. The van der Waals surface area contributed by atoms with Gasteiger partial charge in [-0.25, -0.2) is 0 Å². The van der Waals surface area contributed by atoms with Gasteiger partial charge in [-0.1, -0.05) is 19.0 Å². The molecule has 0 fully saturated rings. The number of carbonyl (C=O) groups is 2. The Kier molecular flexibility index (Phi) is 7.04. The van der Waals surface area contributed by atoms with Crippen LogP contribution in [0.15, 0.2) is 10.6 Å². The van der Waals surface area contributed by atoms with Crippen molar-refractivity contribution in [2.24, 2.45) is 0 Å². The number of anilines is 1. The number of aromatic nitrogens is 1. The topological polar surface area (TPSA) is 95.7 Å².